The smallest absolute Gasteiger partial charge is 0.410 e. The number of piperidine rings is 1. The van der Waals surface area contributed by atoms with Crippen molar-refractivity contribution in [2.24, 2.45) is 11.3 Å². The van der Waals surface area contributed by atoms with Crippen LogP contribution in [0.15, 0.2) is 29.2 Å². The summed E-state index contributed by atoms with van der Waals surface area (Å²) in [6.45, 7) is 6.04. The van der Waals surface area contributed by atoms with Crippen molar-refractivity contribution in [3.63, 3.8) is 0 Å². The van der Waals surface area contributed by atoms with E-state index in [1.165, 1.54) is 19.3 Å². The Morgan fingerprint density at radius 1 is 1.27 bits per heavy atom. The Kier molecular flexibility index (Phi) is 8.31. The average Bonchev–Trinajstić information content (AvgIpc) is 2.70. The van der Waals surface area contributed by atoms with Crippen LogP contribution in [-0.2, 0) is 15.9 Å². The van der Waals surface area contributed by atoms with Gasteiger partial charge in [-0.1, -0.05) is 0 Å². The Bertz CT molecular complexity index is 665. The van der Waals surface area contributed by atoms with Gasteiger partial charge in [-0.15, -0.1) is 0 Å². The molecule has 1 unspecified atom stereocenters. The Morgan fingerprint density at radius 2 is 1.93 bits per heavy atom. The second-order valence-corrected chi connectivity index (χ2v) is 10.5. The van der Waals surface area contributed by atoms with E-state index in [1.54, 1.807) is 12.1 Å². The normalized spacial score (nSPS) is 19.6. The van der Waals surface area contributed by atoms with E-state index < -0.39 is 11.2 Å². The number of hydrogen-bond acceptors (Lipinski definition) is 5. The van der Waals surface area contributed by atoms with Gasteiger partial charge in [0.2, 0.25) is 0 Å². The van der Waals surface area contributed by atoms with Gasteiger partial charge in [0, 0.05) is 13.1 Å². The number of nitrogens with zero attached hydrogens (tertiary/aromatic N) is 1. The number of benzene rings is 1. The van der Waals surface area contributed by atoms with Crippen LogP contribution >= 0.6 is 0 Å². The van der Waals surface area contributed by atoms with Crippen LogP contribution in [0.5, 0.6) is 5.75 Å². The first-order valence-electron chi connectivity index (χ1n) is 11.1. The molecule has 1 aliphatic heterocycles. The van der Waals surface area contributed by atoms with Crippen molar-refractivity contribution in [3.05, 3.63) is 24.3 Å². The molecule has 1 N–H and O–H groups in total. The molecule has 0 bridgehead atoms. The highest BCUT2D eigenvalue weighted by molar-refractivity contribution is 7.91. The molecule has 7 heteroatoms. The lowest BCUT2D eigenvalue weighted by Crippen LogP contribution is -2.49. The summed E-state index contributed by atoms with van der Waals surface area (Å²) < 4.78 is 23.0. The minimum Gasteiger partial charge on any atom is -0.611 e. The maximum absolute atomic E-state index is 12.0. The number of aliphatic hydroxyl groups excluding tert-OH is 1. The third-order valence-electron chi connectivity index (χ3n) is 6.25. The number of rotatable bonds is 9. The zero-order valence-electron chi connectivity index (χ0n) is 18.2. The monoisotopic (exact) mass is 437 g/mol. The fourth-order valence-corrected chi connectivity index (χ4v) is 5.51. The Hall–Kier alpha value is -1.44. The van der Waals surface area contributed by atoms with E-state index >= 15 is 0 Å². The van der Waals surface area contributed by atoms with Crippen molar-refractivity contribution in [2.45, 2.75) is 63.4 Å². The van der Waals surface area contributed by atoms with Crippen LogP contribution in [0.1, 0.15) is 52.4 Å². The number of amides is 1. The van der Waals surface area contributed by atoms with Crippen LogP contribution in [0, 0.1) is 11.3 Å². The van der Waals surface area contributed by atoms with Gasteiger partial charge in [0.1, 0.15) is 11.5 Å². The van der Waals surface area contributed by atoms with Crippen LogP contribution in [0.2, 0.25) is 0 Å². The summed E-state index contributed by atoms with van der Waals surface area (Å²) in [6, 6.07) is 7.31. The molecule has 3 rings (SSSR count). The molecule has 1 spiro atoms. The molecule has 30 heavy (non-hydrogen) atoms. The highest BCUT2D eigenvalue weighted by Gasteiger charge is 2.46. The van der Waals surface area contributed by atoms with E-state index in [1.807, 2.05) is 30.9 Å². The number of carbonyl (C=O) groups is 1. The van der Waals surface area contributed by atoms with Crippen molar-refractivity contribution < 1.29 is 23.9 Å². The average molecular weight is 438 g/mol. The maximum atomic E-state index is 12.0. The summed E-state index contributed by atoms with van der Waals surface area (Å²) in [4.78, 5) is 14.6. The first-order valence-corrected chi connectivity index (χ1v) is 12.4. The Balaban J connectivity index is 1.29. The number of hydrogen-bond donors (Lipinski definition) is 1. The van der Waals surface area contributed by atoms with Crippen molar-refractivity contribution in [1.82, 2.24) is 4.90 Å². The molecule has 1 heterocycles. The number of carbonyl (C=O) groups excluding carboxylic acids is 1. The van der Waals surface area contributed by atoms with E-state index in [-0.39, 0.29) is 24.6 Å². The minimum absolute atomic E-state index is 0.0585. The summed E-state index contributed by atoms with van der Waals surface area (Å²) in [7, 11) is 0. The molecule has 1 saturated heterocycles. The van der Waals surface area contributed by atoms with Crippen LogP contribution in [0.4, 0.5) is 4.79 Å². The van der Waals surface area contributed by atoms with Gasteiger partial charge in [0.25, 0.3) is 0 Å². The Labute approximate surface area is 183 Å². The van der Waals surface area contributed by atoms with Gasteiger partial charge in [0.05, 0.1) is 19.3 Å². The van der Waals surface area contributed by atoms with Gasteiger partial charge in [-0.2, -0.15) is 0 Å². The molecule has 1 amide bonds. The third-order valence-corrected chi connectivity index (χ3v) is 7.60. The second kappa shape index (κ2) is 10.7. The van der Waals surface area contributed by atoms with Crippen LogP contribution in [0.3, 0.4) is 0 Å². The molecule has 1 aromatic rings. The van der Waals surface area contributed by atoms with Crippen molar-refractivity contribution in [2.75, 3.05) is 32.1 Å². The summed E-state index contributed by atoms with van der Waals surface area (Å²) in [5.41, 5.74) is 0.445. The predicted molar refractivity (Wildman–Crippen MR) is 117 cm³/mol. The summed E-state index contributed by atoms with van der Waals surface area (Å²) in [5.74, 6) is 1.83. The molecule has 0 radical (unpaired) electrons. The van der Waals surface area contributed by atoms with Gasteiger partial charge in [-0.3, -0.25) is 0 Å². The highest BCUT2D eigenvalue weighted by Crippen LogP contribution is 2.54. The number of aliphatic hydroxyl groups is 1. The summed E-state index contributed by atoms with van der Waals surface area (Å²) >= 11 is -1.15. The van der Waals surface area contributed by atoms with Crippen LogP contribution in [0.25, 0.3) is 0 Å². The molecule has 2 fully saturated rings. The van der Waals surface area contributed by atoms with Crippen molar-refractivity contribution in [1.29, 1.82) is 0 Å². The minimum atomic E-state index is -1.15. The topological polar surface area (TPSA) is 82.1 Å². The van der Waals surface area contributed by atoms with Crippen LogP contribution < -0.4 is 4.74 Å². The highest BCUT2D eigenvalue weighted by atomic mass is 32.2. The van der Waals surface area contributed by atoms with E-state index in [9.17, 15) is 9.35 Å². The summed E-state index contributed by atoms with van der Waals surface area (Å²) in [6.07, 6.45) is 6.72. The lowest BCUT2D eigenvalue weighted by atomic mass is 9.56. The van der Waals surface area contributed by atoms with Gasteiger partial charge >= 0.3 is 6.09 Å². The van der Waals surface area contributed by atoms with E-state index in [0.29, 0.717) is 12.0 Å². The largest absolute Gasteiger partial charge is 0.611 e. The molecule has 168 valence electrons. The first-order chi connectivity index (χ1) is 14.4. The molecule has 1 aromatic carbocycles. The lowest BCUT2D eigenvalue weighted by molar-refractivity contribution is -0.0203. The maximum Gasteiger partial charge on any atom is 0.410 e. The molecule has 0 aromatic heterocycles. The predicted octanol–water partition coefficient (Wildman–Crippen LogP) is 3.98. The molecule has 1 saturated carbocycles. The SMILES string of the molecule is CC(C)OC(=O)N1CCC2(CC1)CC(CCCOc1ccc([S+]([O-])CCO)cc1)C2. The second-order valence-electron chi connectivity index (χ2n) is 8.93. The molecule has 6 nitrogen and oxygen atoms in total. The quantitative estimate of drug-likeness (QED) is 0.467. The number of ether oxygens (including phenoxy) is 2. The zero-order chi connectivity index (χ0) is 21.6. The molecule has 1 atom stereocenters. The molecular weight excluding hydrogens is 402 g/mol. The van der Waals surface area contributed by atoms with Gasteiger partial charge in [0.15, 0.2) is 4.90 Å². The van der Waals surface area contributed by atoms with Gasteiger partial charge in [-0.05, 0) is 99.1 Å². The van der Waals surface area contributed by atoms with Crippen molar-refractivity contribution in [3.8, 4) is 5.75 Å². The zero-order valence-corrected chi connectivity index (χ0v) is 19.0. The molecule has 1 aliphatic carbocycles. The molecular formula is C23H35NO5S. The van der Waals surface area contributed by atoms with E-state index in [4.69, 9.17) is 14.6 Å². The fourth-order valence-electron chi connectivity index (χ4n) is 4.67. The van der Waals surface area contributed by atoms with Crippen molar-refractivity contribution >= 4 is 17.3 Å². The first kappa shape index (κ1) is 23.2. The van der Waals surface area contributed by atoms with Gasteiger partial charge in [-0.25, -0.2) is 4.79 Å². The fraction of sp³-hybridized carbons (Fsp3) is 0.696. The lowest BCUT2D eigenvalue weighted by Gasteiger charge is -2.52. The molecule has 2 aliphatic rings. The standard InChI is InChI=1S/C23H35NO5S/c1-18(2)29-22(26)24-11-9-23(10-12-24)16-19(17-23)4-3-14-28-20-5-7-21(8-6-20)30(27)15-13-25/h5-8,18-19,25H,3-4,9-17H2,1-2H3. The third kappa shape index (κ3) is 6.28. The van der Waals surface area contributed by atoms with E-state index in [0.717, 1.165) is 48.9 Å². The van der Waals surface area contributed by atoms with Crippen LogP contribution in [-0.4, -0.2) is 58.8 Å². The Morgan fingerprint density at radius 3 is 2.53 bits per heavy atom. The van der Waals surface area contributed by atoms with Gasteiger partial charge < -0.3 is 24.0 Å². The summed E-state index contributed by atoms with van der Waals surface area (Å²) in [5, 5.41) is 8.87. The van der Waals surface area contributed by atoms with E-state index in [2.05, 4.69) is 0 Å². The number of likely N-dealkylation sites (tertiary alicyclic amines) is 1.